The van der Waals surface area contributed by atoms with Crippen LogP contribution in [-0.2, 0) is 0 Å². The predicted molar refractivity (Wildman–Crippen MR) is 81.7 cm³/mol. The zero-order chi connectivity index (χ0) is 13.7. The number of pyridine rings is 1. The van der Waals surface area contributed by atoms with Crippen LogP contribution < -0.4 is 10.2 Å². The van der Waals surface area contributed by atoms with Gasteiger partial charge in [0.2, 0.25) is 0 Å². The fourth-order valence-corrected chi connectivity index (χ4v) is 2.93. The highest BCUT2D eigenvalue weighted by atomic mass is 15.2. The largest absolute Gasteiger partial charge is 0.357 e. The number of anilines is 1. The van der Waals surface area contributed by atoms with E-state index in [0.29, 0.717) is 6.04 Å². The van der Waals surface area contributed by atoms with Crippen LogP contribution in [0.1, 0.15) is 44.7 Å². The Morgan fingerprint density at radius 2 is 2.00 bits per heavy atom. The molecule has 0 unspecified atom stereocenters. The molecule has 1 aromatic rings. The smallest absolute Gasteiger partial charge is 0.128 e. The van der Waals surface area contributed by atoms with Gasteiger partial charge in [0.25, 0.3) is 0 Å². The molecule has 0 bridgehead atoms. The van der Waals surface area contributed by atoms with Crippen molar-refractivity contribution in [3.05, 3.63) is 23.9 Å². The second-order valence-corrected chi connectivity index (χ2v) is 5.71. The number of hydrogen-bond donors (Lipinski definition) is 1. The zero-order valence-electron chi connectivity index (χ0n) is 12.5. The van der Waals surface area contributed by atoms with Gasteiger partial charge in [0, 0.05) is 24.8 Å². The molecule has 1 aliphatic rings. The Morgan fingerprint density at radius 1 is 1.26 bits per heavy atom. The molecule has 3 nitrogen and oxygen atoms in total. The lowest BCUT2D eigenvalue weighted by molar-refractivity contribution is 0.337. The van der Waals surface area contributed by atoms with Crippen molar-refractivity contribution in [2.75, 3.05) is 18.5 Å². The van der Waals surface area contributed by atoms with E-state index in [0.717, 1.165) is 24.1 Å². The summed E-state index contributed by atoms with van der Waals surface area (Å²) >= 11 is 0. The van der Waals surface area contributed by atoms with Gasteiger partial charge in [-0.25, -0.2) is 4.98 Å². The van der Waals surface area contributed by atoms with Gasteiger partial charge in [0.1, 0.15) is 5.82 Å². The van der Waals surface area contributed by atoms with Gasteiger partial charge in [-0.2, -0.15) is 0 Å². The summed E-state index contributed by atoms with van der Waals surface area (Å²) in [6, 6.07) is 7.66. The van der Waals surface area contributed by atoms with Gasteiger partial charge in [0.05, 0.1) is 0 Å². The lowest BCUT2D eigenvalue weighted by Gasteiger charge is -2.35. The van der Waals surface area contributed by atoms with Crippen molar-refractivity contribution >= 4 is 5.82 Å². The molecule has 1 heterocycles. The number of rotatable bonds is 5. The van der Waals surface area contributed by atoms with E-state index < -0.39 is 0 Å². The molecule has 1 aromatic heterocycles. The second kappa shape index (κ2) is 6.90. The lowest BCUT2D eigenvalue weighted by atomic mass is 9.90. The molecule has 0 atom stereocenters. The van der Waals surface area contributed by atoms with Crippen LogP contribution in [0.15, 0.2) is 18.2 Å². The molecule has 1 N–H and O–H groups in total. The summed E-state index contributed by atoms with van der Waals surface area (Å²) in [7, 11) is 2.19. The average Bonchev–Trinajstić information content (AvgIpc) is 2.45. The van der Waals surface area contributed by atoms with E-state index in [1.54, 1.807) is 0 Å². The van der Waals surface area contributed by atoms with Gasteiger partial charge >= 0.3 is 0 Å². The SMILES string of the molecule is CCCNC1CCC(N(C)c2cccc(C)n2)CC1. The molecule has 0 spiro atoms. The molecular weight excluding hydrogens is 234 g/mol. The first-order valence-corrected chi connectivity index (χ1v) is 7.60. The van der Waals surface area contributed by atoms with E-state index >= 15 is 0 Å². The van der Waals surface area contributed by atoms with E-state index in [1.807, 2.05) is 0 Å². The van der Waals surface area contributed by atoms with Crippen molar-refractivity contribution in [3.63, 3.8) is 0 Å². The van der Waals surface area contributed by atoms with Crippen molar-refractivity contribution in [2.24, 2.45) is 0 Å². The van der Waals surface area contributed by atoms with Crippen molar-refractivity contribution in [1.29, 1.82) is 0 Å². The fourth-order valence-electron chi connectivity index (χ4n) is 2.93. The number of nitrogens with one attached hydrogen (secondary N) is 1. The van der Waals surface area contributed by atoms with Crippen LogP contribution >= 0.6 is 0 Å². The summed E-state index contributed by atoms with van der Waals surface area (Å²) in [6.07, 6.45) is 6.36. The van der Waals surface area contributed by atoms with E-state index in [2.05, 4.69) is 54.3 Å². The van der Waals surface area contributed by atoms with Gasteiger partial charge in [-0.3, -0.25) is 0 Å². The number of aromatic nitrogens is 1. The molecule has 2 rings (SSSR count). The highest BCUT2D eigenvalue weighted by molar-refractivity contribution is 5.39. The zero-order valence-corrected chi connectivity index (χ0v) is 12.5. The third kappa shape index (κ3) is 3.93. The Kier molecular flexibility index (Phi) is 5.20. The van der Waals surface area contributed by atoms with Gasteiger partial charge < -0.3 is 10.2 Å². The van der Waals surface area contributed by atoms with Gasteiger partial charge in [-0.15, -0.1) is 0 Å². The van der Waals surface area contributed by atoms with E-state index in [9.17, 15) is 0 Å². The van der Waals surface area contributed by atoms with Crippen molar-refractivity contribution in [3.8, 4) is 0 Å². The molecule has 0 radical (unpaired) electrons. The first kappa shape index (κ1) is 14.3. The van der Waals surface area contributed by atoms with Crippen LogP contribution in [0, 0.1) is 6.92 Å². The Bertz CT molecular complexity index is 383. The molecule has 1 saturated carbocycles. The number of hydrogen-bond acceptors (Lipinski definition) is 3. The first-order chi connectivity index (χ1) is 9.20. The van der Waals surface area contributed by atoms with Crippen molar-refractivity contribution in [2.45, 2.75) is 58.0 Å². The average molecular weight is 261 g/mol. The lowest BCUT2D eigenvalue weighted by Crippen LogP contribution is -2.41. The molecule has 0 amide bonds. The quantitative estimate of drug-likeness (QED) is 0.882. The normalized spacial score (nSPS) is 23.3. The Hall–Kier alpha value is -1.09. The highest BCUT2D eigenvalue weighted by Crippen LogP contribution is 2.25. The Labute approximate surface area is 117 Å². The predicted octanol–water partition coefficient (Wildman–Crippen LogP) is 3.14. The second-order valence-electron chi connectivity index (χ2n) is 5.71. The number of nitrogens with zero attached hydrogens (tertiary/aromatic N) is 2. The molecule has 0 aromatic carbocycles. The van der Waals surface area contributed by atoms with Crippen molar-refractivity contribution < 1.29 is 0 Å². The van der Waals surface area contributed by atoms with Crippen LogP contribution in [0.5, 0.6) is 0 Å². The van der Waals surface area contributed by atoms with Crippen molar-refractivity contribution in [1.82, 2.24) is 10.3 Å². The van der Waals surface area contributed by atoms with Crippen LogP contribution in [0.4, 0.5) is 5.82 Å². The van der Waals surface area contributed by atoms with Gasteiger partial charge in [0.15, 0.2) is 0 Å². The van der Waals surface area contributed by atoms with Gasteiger partial charge in [-0.1, -0.05) is 13.0 Å². The molecule has 19 heavy (non-hydrogen) atoms. The van der Waals surface area contributed by atoms with E-state index in [4.69, 9.17) is 0 Å². The van der Waals surface area contributed by atoms with Gasteiger partial charge in [-0.05, 0) is 57.7 Å². The fraction of sp³-hybridized carbons (Fsp3) is 0.688. The van der Waals surface area contributed by atoms with Crippen LogP contribution in [0.3, 0.4) is 0 Å². The molecule has 0 saturated heterocycles. The summed E-state index contributed by atoms with van der Waals surface area (Å²) in [5.41, 5.74) is 1.10. The third-order valence-electron chi connectivity index (χ3n) is 4.16. The number of aryl methyl sites for hydroxylation is 1. The molecule has 1 fully saturated rings. The van der Waals surface area contributed by atoms with Crippen LogP contribution in [0.2, 0.25) is 0 Å². The Balaban J connectivity index is 1.87. The first-order valence-electron chi connectivity index (χ1n) is 7.60. The van der Waals surface area contributed by atoms with Crippen LogP contribution in [0.25, 0.3) is 0 Å². The van der Waals surface area contributed by atoms with E-state index in [1.165, 1.54) is 32.1 Å². The summed E-state index contributed by atoms with van der Waals surface area (Å²) in [5.74, 6) is 1.12. The summed E-state index contributed by atoms with van der Waals surface area (Å²) in [5, 5.41) is 3.65. The van der Waals surface area contributed by atoms with E-state index in [-0.39, 0.29) is 0 Å². The maximum Gasteiger partial charge on any atom is 0.128 e. The highest BCUT2D eigenvalue weighted by Gasteiger charge is 2.24. The molecule has 0 aliphatic heterocycles. The maximum atomic E-state index is 4.63. The summed E-state index contributed by atoms with van der Waals surface area (Å²) < 4.78 is 0. The third-order valence-corrected chi connectivity index (χ3v) is 4.16. The van der Waals surface area contributed by atoms with Crippen LogP contribution in [-0.4, -0.2) is 30.7 Å². The summed E-state index contributed by atoms with van der Waals surface area (Å²) in [4.78, 5) is 6.99. The maximum absolute atomic E-state index is 4.63. The summed E-state index contributed by atoms with van der Waals surface area (Å²) in [6.45, 7) is 5.45. The monoisotopic (exact) mass is 261 g/mol. The Morgan fingerprint density at radius 3 is 2.63 bits per heavy atom. The topological polar surface area (TPSA) is 28.2 Å². The minimum Gasteiger partial charge on any atom is -0.357 e. The minimum absolute atomic E-state index is 0.647. The standard InChI is InChI=1S/C16H27N3/c1-4-12-17-14-8-10-15(11-9-14)19(3)16-7-5-6-13(2)18-16/h5-7,14-15,17H,4,8-12H2,1-3H3. The molecule has 3 heteroatoms. The minimum atomic E-state index is 0.647. The molecule has 106 valence electrons. The molecule has 1 aliphatic carbocycles. The molecular formula is C16H27N3.